The van der Waals surface area contributed by atoms with Crippen molar-refractivity contribution in [2.24, 2.45) is 0 Å². The van der Waals surface area contributed by atoms with Gasteiger partial charge in [-0.05, 0) is 58.7 Å². The highest BCUT2D eigenvalue weighted by Gasteiger charge is 2.15. The van der Waals surface area contributed by atoms with Crippen molar-refractivity contribution in [3.8, 4) is 23.1 Å². The Morgan fingerprint density at radius 2 is 2.09 bits per heavy atom. The van der Waals surface area contributed by atoms with E-state index in [0.717, 1.165) is 10.1 Å². The van der Waals surface area contributed by atoms with Gasteiger partial charge in [0.15, 0.2) is 6.61 Å². The summed E-state index contributed by atoms with van der Waals surface area (Å²) in [7, 11) is 0. The Labute approximate surface area is 140 Å². The fourth-order valence-corrected chi connectivity index (χ4v) is 2.58. The summed E-state index contributed by atoms with van der Waals surface area (Å²) >= 11 is 3.07. The number of rotatable bonds is 5. The molecule has 2 rings (SSSR count). The Morgan fingerprint density at radius 1 is 1.35 bits per heavy atom. The van der Waals surface area contributed by atoms with Crippen LogP contribution in [-0.2, 0) is 6.54 Å². The average Bonchev–Trinajstić information content (AvgIpc) is 2.50. The van der Waals surface area contributed by atoms with Gasteiger partial charge in [0, 0.05) is 5.56 Å². The predicted octanol–water partition coefficient (Wildman–Crippen LogP) is 3.75. The molecular formula is C16H13BrF2N2O2. The van der Waals surface area contributed by atoms with Gasteiger partial charge in [-0.1, -0.05) is 0 Å². The van der Waals surface area contributed by atoms with E-state index in [9.17, 15) is 13.6 Å². The van der Waals surface area contributed by atoms with Gasteiger partial charge in [-0.2, -0.15) is 5.26 Å². The SMILES string of the molecule is Cc1cc(OCC#N)ccc1-c1ccc(Br)c(=O)n1CC(F)F. The molecule has 0 aliphatic carbocycles. The summed E-state index contributed by atoms with van der Waals surface area (Å²) in [4.78, 5) is 12.1. The van der Waals surface area contributed by atoms with E-state index < -0.39 is 18.5 Å². The third-order valence-corrected chi connectivity index (χ3v) is 3.83. The number of halogens is 3. The van der Waals surface area contributed by atoms with Gasteiger partial charge in [-0.3, -0.25) is 4.79 Å². The summed E-state index contributed by atoms with van der Waals surface area (Å²) in [5.74, 6) is 0.507. The summed E-state index contributed by atoms with van der Waals surface area (Å²) in [6.07, 6.45) is -2.64. The van der Waals surface area contributed by atoms with Gasteiger partial charge in [0.05, 0.1) is 16.7 Å². The zero-order valence-electron chi connectivity index (χ0n) is 12.2. The van der Waals surface area contributed by atoms with Crippen molar-refractivity contribution in [2.75, 3.05) is 6.61 Å². The summed E-state index contributed by atoms with van der Waals surface area (Å²) in [6.45, 7) is 1.03. The second-order valence-corrected chi connectivity index (χ2v) is 5.65. The van der Waals surface area contributed by atoms with Crippen molar-refractivity contribution in [3.05, 3.63) is 50.7 Å². The molecule has 2 aromatic rings. The minimum Gasteiger partial charge on any atom is -0.479 e. The van der Waals surface area contributed by atoms with E-state index in [1.165, 1.54) is 0 Å². The summed E-state index contributed by atoms with van der Waals surface area (Å²) in [5.41, 5.74) is 1.31. The molecule has 7 heteroatoms. The molecule has 0 amide bonds. The summed E-state index contributed by atoms with van der Waals surface area (Å²) in [6, 6.07) is 10.1. The Hall–Kier alpha value is -2.20. The fraction of sp³-hybridized carbons (Fsp3) is 0.250. The fourth-order valence-electron chi connectivity index (χ4n) is 2.24. The molecule has 0 saturated carbocycles. The molecule has 0 N–H and O–H groups in total. The number of aromatic nitrogens is 1. The number of hydrogen-bond acceptors (Lipinski definition) is 3. The van der Waals surface area contributed by atoms with Gasteiger partial charge in [-0.15, -0.1) is 0 Å². The molecule has 1 heterocycles. The maximum atomic E-state index is 12.8. The van der Waals surface area contributed by atoms with E-state index in [2.05, 4.69) is 15.9 Å². The number of aryl methyl sites for hydroxylation is 1. The smallest absolute Gasteiger partial charge is 0.265 e. The molecule has 4 nitrogen and oxygen atoms in total. The molecule has 0 unspecified atom stereocenters. The van der Waals surface area contributed by atoms with Gasteiger partial charge >= 0.3 is 0 Å². The quantitative estimate of drug-likeness (QED) is 0.790. The number of alkyl halides is 2. The lowest BCUT2D eigenvalue weighted by Gasteiger charge is -2.15. The Bertz CT molecular complexity index is 813. The van der Waals surface area contributed by atoms with Crippen LogP contribution in [0.15, 0.2) is 39.6 Å². The first kappa shape index (κ1) is 17.2. The topological polar surface area (TPSA) is 55.0 Å². The van der Waals surface area contributed by atoms with E-state index >= 15 is 0 Å². The van der Waals surface area contributed by atoms with Crippen LogP contribution in [0.2, 0.25) is 0 Å². The number of nitrogens with zero attached hydrogens (tertiary/aromatic N) is 2. The Balaban J connectivity index is 2.52. The van der Waals surface area contributed by atoms with E-state index in [1.807, 2.05) is 6.07 Å². The first-order valence-electron chi connectivity index (χ1n) is 6.72. The number of hydrogen-bond donors (Lipinski definition) is 0. The number of benzene rings is 1. The first-order chi connectivity index (χ1) is 10.9. The Kier molecular flexibility index (Phi) is 5.50. The molecule has 0 aliphatic heterocycles. The monoisotopic (exact) mass is 382 g/mol. The highest BCUT2D eigenvalue weighted by atomic mass is 79.9. The number of nitriles is 1. The molecule has 0 aliphatic rings. The van der Waals surface area contributed by atoms with Gasteiger partial charge in [-0.25, -0.2) is 8.78 Å². The van der Waals surface area contributed by atoms with Gasteiger partial charge in [0.25, 0.3) is 12.0 Å². The molecule has 0 saturated heterocycles. The van der Waals surface area contributed by atoms with Crippen LogP contribution in [0.3, 0.4) is 0 Å². The molecule has 0 bridgehead atoms. The highest BCUT2D eigenvalue weighted by Crippen LogP contribution is 2.27. The molecular weight excluding hydrogens is 370 g/mol. The molecule has 120 valence electrons. The van der Waals surface area contributed by atoms with Crippen LogP contribution in [0.25, 0.3) is 11.3 Å². The lowest BCUT2D eigenvalue weighted by Crippen LogP contribution is -2.25. The minimum atomic E-state index is -2.64. The number of ether oxygens (including phenoxy) is 1. The van der Waals surface area contributed by atoms with Crippen molar-refractivity contribution in [3.63, 3.8) is 0 Å². The normalized spacial score (nSPS) is 10.6. The van der Waals surface area contributed by atoms with Gasteiger partial charge in [0.2, 0.25) is 0 Å². The molecule has 0 fully saturated rings. The predicted molar refractivity (Wildman–Crippen MR) is 85.7 cm³/mol. The molecule has 0 spiro atoms. The van der Waals surface area contributed by atoms with Gasteiger partial charge < -0.3 is 9.30 Å². The standard InChI is InChI=1S/C16H13BrF2N2O2/c1-10-8-11(23-7-6-20)2-3-12(10)14-5-4-13(17)16(22)21(14)9-15(18)19/h2-5,8,15H,7,9H2,1H3. The third-order valence-electron chi connectivity index (χ3n) is 3.23. The van der Waals surface area contributed by atoms with Crippen LogP contribution in [0.4, 0.5) is 8.78 Å². The maximum absolute atomic E-state index is 12.8. The molecule has 1 aromatic heterocycles. The Morgan fingerprint density at radius 3 is 2.70 bits per heavy atom. The van der Waals surface area contributed by atoms with E-state index in [4.69, 9.17) is 10.00 Å². The van der Waals surface area contributed by atoms with Crippen LogP contribution >= 0.6 is 15.9 Å². The van der Waals surface area contributed by atoms with E-state index in [-0.39, 0.29) is 11.1 Å². The zero-order chi connectivity index (χ0) is 17.0. The van der Waals surface area contributed by atoms with Crippen LogP contribution in [-0.4, -0.2) is 17.6 Å². The summed E-state index contributed by atoms with van der Waals surface area (Å²) in [5, 5.41) is 8.52. The molecule has 0 radical (unpaired) electrons. The van der Waals surface area contributed by atoms with Crippen molar-refractivity contribution in [2.45, 2.75) is 19.9 Å². The zero-order valence-corrected chi connectivity index (χ0v) is 13.8. The largest absolute Gasteiger partial charge is 0.479 e. The van der Waals surface area contributed by atoms with E-state index in [0.29, 0.717) is 17.0 Å². The van der Waals surface area contributed by atoms with Crippen molar-refractivity contribution in [1.82, 2.24) is 4.57 Å². The van der Waals surface area contributed by atoms with Crippen LogP contribution in [0.1, 0.15) is 5.56 Å². The number of pyridine rings is 1. The second kappa shape index (κ2) is 7.38. The molecule has 0 atom stereocenters. The molecule has 1 aromatic carbocycles. The first-order valence-corrected chi connectivity index (χ1v) is 7.51. The lowest BCUT2D eigenvalue weighted by molar-refractivity contribution is 0.126. The molecule has 23 heavy (non-hydrogen) atoms. The van der Waals surface area contributed by atoms with Gasteiger partial charge in [0.1, 0.15) is 11.8 Å². The van der Waals surface area contributed by atoms with Crippen LogP contribution in [0.5, 0.6) is 5.75 Å². The maximum Gasteiger partial charge on any atom is 0.265 e. The summed E-state index contributed by atoms with van der Waals surface area (Å²) < 4.78 is 32.1. The van der Waals surface area contributed by atoms with Crippen LogP contribution in [0, 0.1) is 18.3 Å². The average molecular weight is 383 g/mol. The third kappa shape index (κ3) is 3.96. The second-order valence-electron chi connectivity index (χ2n) is 4.80. The van der Waals surface area contributed by atoms with Crippen molar-refractivity contribution in [1.29, 1.82) is 5.26 Å². The lowest BCUT2D eigenvalue weighted by atomic mass is 10.0. The van der Waals surface area contributed by atoms with E-state index in [1.54, 1.807) is 37.3 Å². The van der Waals surface area contributed by atoms with Crippen molar-refractivity contribution < 1.29 is 13.5 Å². The highest BCUT2D eigenvalue weighted by molar-refractivity contribution is 9.10. The minimum absolute atomic E-state index is 0.0762. The van der Waals surface area contributed by atoms with Crippen molar-refractivity contribution >= 4 is 15.9 Å². The van der Waals surface area contributed by atoms with Crippen LogP contribution < -0.4 is 10.3 Å².